The van der Waals surface area contributed by atoms with E-state index >= 15 is 0 Å². The molecular weight excluding hydrogens is 571 g/mol. The van der Waals surface area contributed by atoms with Crippen molar-refractivity contribution in [2.45, 2.75) is 54.3 Å². The quantitative estimate of drug-likeness (QED) is 0.427. The number of benzene rings is 2. The molecule has 5 rings (SSSR count). The number of hydrogen-bond acceptors (Lipinski definition) is 7. The standard InChI is InChI=1S/C26H23ClF3N5O4S/c1-16-12-22(35(33-16)18-8-6-17(27)7-9-18)34-14-19(13-23(34)39-24(36)32-25(15-31)10-11-25)40(37,38)21-5-3-2-4-20(21)26(28,29)30/h2-9,12,19,23H,10-11,13-14H2,1H3,(H,32,36)/t19-,23+/m1/s1. The summed E-state index contributed by atoms with van der Waals surface area (Å²) in [6.45, 7) is 1.43. The molecule has 1 saturated carbocycles. The highest BCUT2D eigenvalue weighted by Crippen LogP contribution is 2.40. The number of hydrogen-bond donors (Lipinski definition) is 1. The van der Waals surface area contributed by atoms with E-state index in [9.17, 15) is 31.6 Å². The lowest BCUT2D eigenvalue weighted by molar-refractivity contribution is -0.139. The van der Waals surface area contributed by atoms with E-state index in [2.05, 4.69) is 10.4 Å². The van der Waals surface area contributed by atoms with Crippen LogP contribution in [-0.4, -0.2) is 47.9 Å². The Kier molecular flexibility index (Phi) is 6.96. The lowest BCUT2D eigenvalue weighted by atomic mass is 10.2. The molecule has 1 aromatic heterocycles. The number of aryl methyl sites for hydroxylation is 1. The first-order chi connectivity index (χ1) is 18.8. The number of carbonyl (C=O) groups is 1. The molecule has 2 heterocycles. The molecule has 0 radical (unpaired) electrons. The molecule has 1 saturated heterocycles. The number of sulfone groups is 1. The van der Waals surface area contributed by atoms with Crippen LogP contribution in [0.5, 0.6) is 0 Å². The Hall–Kier alpha value is -3.76. The summed E-state index contributed by atoms with van der Waals surface area (Å²) in [7, 11) is -4.54. The Morgan fingerprint density at radius 1 is 1.20 bits per heavy atom. The van der Waals surface area contributed by atoms with Gasteiger partial charge in [-0.1, -0.05) is 23.7 Å². The number of anilines is 1. The van der Waals surface area contributed by atoms with Gasteiger partial charge >= 0.3 is 12.3 Å². The van der Waals surface area contributed by atoms with E-state index < -0.39 is 49.6 Å². The molecule has 3 aromatic rings. The number of nitrogens with one attached hydrogen (secondary N) is 1. The van der Waals surface area contributed by atoms with Crippen molar-refractivity contribution in [2.24, 2.45) is 0 Å². The number of rotatable bonds is 6. The average molecular weight is 594 g/mol. The van der Waals surface area contributed by atoms with Gasteiger partial charge in [-0.25, -0.2) is 17.9 Å². The molecule has 1 N–H and O–H groups in total. The summed E-state index contributed by atoms with van der Waals surface area (Å²) in [5.74, 6) is 0.362. The van der Waals surface area contributed by atoms with Gasteiger partial charge in [-0.05, 0) is 56.2 Å². The fourth-order valence-corrected chi connectivity index (χ4v) is 6.69. The normalized spacial score (nSPS) is 20.1. The number of halogens is 4. The third-order valence-corrected chi connectivity index (χ3v) is 9.32. The first-order valence-electron chi connectivity index (χ1n) is 12.2. The van der Waals surface area contributed by atoms with Gasteiger partial charge in [0, 0.05) is 24.1 Å². The second-order valence-electron chi connectivity index (χ2n) is 9.76. The minimum absolute atomic E-state index is 0.283. The predicted octanol–water partition coefficient (Wildman–Crippen LogP) is 5.01. The van der Waals surface area contributed by atoms with E-state index in [0.717, 1.165) is 18.2 Å². The highest BCUT2D eigenvalue weighted by atomic mass is 35.5. The Bertz CT molecular complexity index is 1600. The van der Waals surface area contributed by atoms with Crippen molar-refractivity contribution in [2.75, 3.05) is 11.4 Å². The summed E-state index contributed by atoms with van der Waals surface area (Å²) >= 11 is 6.02. The number of carbonyl (C=O) groups excluding carboxylic acids is 1. The molecule has 0 bridgehead atoms. The minimum atomic E-state index is -4.89. The van der Waals surface area contributed by atoms with Gasteiger partial charge in [0.2, 0.25) is 0 Å². The van der Waals surface area contributed by atoms with Crippen LogP contribution in [0.2, 0.25) is 5.02 Å². The van der Waals surface area contributed by atoms with Crippen molar-refractivity contribution in [3.8, 4) is 11.8 Å². The molecule has 9 nitrogen and oxygen atoms in total. The van der Waals surface area contributed by atoms with E-state index in [4.69, 9.17) is 16.3 Å². The van der Waals surface area contributed by atoms with Crippen molar-refractivity contribution in [3.05, 3.63) is 70.9 Å². The van der Waals surface area contributed by atoms with Crippen molar-refractivity contribution in [1.82, 2.24) is 15.1 Å². The Balaban J connectivity index is 1.53. The summed E-state index contributed by atoms with van der Waals surface area (Å²) in [6, 6.07) is 14.3. The number of nitrogens with zero attached hydrogens (tertiary/aromatic N) is 4. The minimum Gasteiger partial charge on any atom is -0.425 e. The van der Waals surface area contributed by atoms with Gasteiger partial charge in [-0.3, -0.25) is 0 Å². The highest BCUT2D eigenvalue weighted by molar-refractivity contribution is 7.92. The van der Waals surface area contributed by atoms with Gasteiger partial charge in [-0.15, -0.1) is 0 Å². The predicted molar refractivity (Wildman–Crippen MR) is 139 cm³/mol. The third-order valence-electron chi connectivity index (χ3n) is 6.88. The fourth-order valence-electron chi connectivity index (χ4n) is 4.67. The summed E-state index contributed by atoms with van der Waals surface area (Å²) in [6.07, 6.45) is -6.43. The van der Waals surface area contributed by atoms with Crippen molar-refractivity contribution >= 4 is 33.3 Å². The highest BCUT2D eigenvalue weighted by Gasteiger charge is 2.49. The van der Waals surface area contributed by atoms with Crippen LogP contribution in [0.3, 0.4) is 0 Å². The number of ether oxygens (including phenoxy) is 1. The zero-order valence-electron chi connectivity index (χ0n) is 21.0. The third kappa shape index (κ3) is 5.33. The van der Waals surface area contributed by atoms with Crippen LogP contribution in [0.4, 0.5) is 23.8 Å². The second-order valence-corrected chi connectivity index (χ2v) is 12.4. The molecule has 2 atom stereocenters. The number of amides is 1. The molecule has 1 aliphatic heterocycles. The van der Waals surface area contributed by atoms with Gasteiger partial charge in [0.15, 0.2) is 16.1 Å². The molecule has 2 fully saturated rings. The zero-order valence-corrected chi connectivity index (χ0v) is 22.6. The smallest absolute Gasteiger partial charge is 0.417 e. The maximum atomic E-state index is 13.7. The average Bonchev–Trinajstić information content (AvgIpc) is 3.37. The molecule has 2 aromatic carbocycles. The van der Waals surface area contributed by atoms with Crippen LogP contribution < -0.4 is 10.2 Å². The molecule has 1 aliphatic carbocycles. The maximum absolute atomic E-state index is 13.7. The summed E-state index contributed by atoms with van der Waals surface area (Å²) in [5, 5.41) is 15.4. The van der Waals surface area contributed by atoms with Crippen LogP contribution >= 0.6 is 11.6 Å². The van der Waals surface area contributed by atoms with E-state index in [-0.39, 0.29) is 13.0 Å². The Morgan fingerprint density at radius 2 is 1.88 bits per heavy atom. The number of alkyl halides is 3. The molecule has 2 aliphatic rings. The summed E-state index contributed by atoms with van der Waals surface area (Å²) < 4.78 is 75.6. The van der Waals surface area contributed by atoms with Crippen molar-refractivity contribution < 1.29 is 31.1 Å². The molecule has 0 spiro atoms. The van der Waals surface area contributed by atoms with Gasteiger partial charge in [0.1, 0.15) is 11.4 Å². The fraction of sp³-hybridized carbons (Fsp3) is 0.346. The molecular formula is C26H23ClF3N5O4S. The summed E-state index contributed by atoms with van der Waals surface area (Å²) in [5.41, 5.74) is -1.18. The monoisotopic (exact) mass is 593 g/mol. The first-order valence-corrected chi connectivity index (χ1v) is 14.1. The van der Waals surface area contributed by atoms with E-state index in [1.165, 1.54) is 15.6 Å². The van der Waals surface area contributed by atoms with Crippen LogP contribution in [0.15, 0.2) is 59.5 Å². The number of alkyl carbamates (subject to hydrolysis) is 1. The van der Waals surface area contributed by atoms with Gasteiger partial charge in [0.25, 0.3) is 0 Å². The molecule has 1 amide bonds. The van der Waals surface area contributed by atoms with E-state index in [1.807, 2.05) is 6.07 Å². The van der Waals surface area contributed by atoms with Crippen LogP contribution in [0, 0.1) is 18.3 Å². The molecule has 14 heteroatoms. The van der Waals surface area contributed by atoms with Gasteiger partial charge in [-0.2, -0.15) is 23.5 Å². The molecule has 210 valence electrons. The van der Waals surface area contributed by atoms with Gasteiger partial charge in [0.05, 0.1) is 33.2 Å². The molecule has 0 unspecified atom stereocenters. The van der Waals surface area contributed by atoms with E-state index in [1.54, 1.807) is 37.3 Å². The van der Waals surface area contributed by atoms with Crippen molar-refractivity contribution in [1.29, 1.82) is 5.26 Å². The zero-order chi connectivity index (χ0) is 28.9. The SMILES string of the molecule is Cc1cc(N2C[C@H](S(=O)(=O)c3ccccc3C(F)(F)F)C[C@@H]2OC(=O)NC2(C#N)CC2)n(-c2ccc(Cl)cc2)n1. The van der Waals surface area contributed by atoms with Crippen LogP contribution in [0.25, 0.3) is 5.69 Å². The van der Waals surface area contributed by atoms with Crippen molar-refractivity contribution in [3.63, 3.8) is 0 Å². The van der Waals surface area contributed by atoms with E-state index in [0.29, 0.717) is 35.1 Å². The summed E-state index contributed by atoms with van der Waals surface area (Å²) in [4.78, 5) is 13.4. The Labute approximate surface area is 233 Å². The van der Waals surface area contributed by atoms with Crippen LogP contribution in [-0.2, 0) is 20.8 Å². The van der Waals surface area contributed by atoms with Crippen LogP contribution in [0.1, 0.15) is 30.5 Å². The lowest BCUT2D eigenvalue weighted by Crippen LogP contribution is -2.42. The van der Waals surface area contributed by atoms with Gasteiger partial charge < -0.3 is 15.0 Å². The number of aromatic nitrogens is 2. The largest absolute Gasteiger partial charge is 0.425 e. The molecule has 40 heavy (non-hydrogen) atoms. The lowest BCUT2D eigenvalue weighted by Gasteiger charge is -2.27. The Morgan fingerprint density at radius 3 is 2.50 bits per heavy atom. The topological polar surface area (TPSA) is 117 Å². The first kappa shape index (κ1) is 27.8. The number of nitriles is 1. The second kappa shape index (κ2) is 10.0. The maximum Gasteiger partial charge on any atom is 0.417 e.